The van der Waals surface area contributed by atoms with Gasteiger partial charge in [0.1, 0.15) is 31.2 Å². The number of amides is 2. The molecule has 0 bridgehead atoms. The van der Waals surface area contributed by atoms with Gasteiger partial charge in [0.05, 0.1) is 36.2 Å². The topological polar surface area (TPSA) is 232 Å². The van der Waals surface area contributed by atoms with Crippen molar-refractivity contribution in [1.29, 1.82) is 0 Å². The number of hydrogen-bond donors (Lipinski definition) is 0. The molecule has 0 N–H and O–H groups in total. The minimum absolute atomic E-state index is 0. The van der Waals surface area contributed by atoms with Gasteiger partial charge in [0.25, 0.3) is 22.5 Å². The highest BCUT2D eigenvalue weighted by atomic mass is 35.5. The molecule has 2 saturated heterocycles. The highest BCUT2D eigenvalue weighted by molar-refractivity contribution is 6.68. The molecule has 0 radical (unpaired) electrons. The zero-order chi connectivity index (χ0) is 41.4. The second kappa shape index (κ2) is 24.4. The van der Waals surface area contributed by atoms with E-state index in [1.165, 1.54) is 31.4 Å². The maximum atomic E-state index is 12.6. The van der Waals surface area contributed by atoms with Gasteiger partial charge >= 0.3 is 18.2 Å². The molecule has 0 spiro atoms. The molecule has 0 unspecified atom stereocenters. The van der Waals surface area contributed by atoms with Crippen molar-refractivity contribution in [2.45, 2.75) is 68.2 Å². The van der Waals surface area contributed by atoms with E-state index >= 15 is 0 Å². The number of hydrogen-bond acceptors (Lipinski definition) is 14. The third-order valence-electron chi connectivity index (χ3n) is 8.24. The van der Waals surface area contributed by atoms with Crippen molar-refractivity contribution < 1.29 is 57.6 Å². The third-order valence-corrected chi connectivity index (χ3v) is 8.44. The summed E-state index contributed by atoms with van der Waals surface area (Å²) in [5.74, 6) is -1.24. The molecule has 2 aliphatic rings. The molecule has 2 fully saturated rings. The Labute approximate surface area is 334 Å². The zero-order valence-electron chi connectivity index (χ0n) is 30.8. The van der Waals surface area contributed by atoms with Gasteiger partial charge in [-0.1, -0.05) is 45.2 Å². The number of nitro groups is 2. The lowest BCUT2D eigenvalue weighted by Gasteiger charge is -2.20. The predicted octanol–water partition coefficient (Wildman–Crippen LogP) is 6.46. The number of methoxy groups -OCH3 is 1. The van der Waals surface area contributed by atoms with Gasteiger partial charge < -0.3 is 18.9 Å². The van der Waals surface area contributed by atoms with Crippen LogP contribution in [0.15, 0.2) is 54.6 Å². The number of aryl methyl sites for hydroxylation is 4. The Morgan fingerprint density at radius 1 is 0.807 bits per heavy atom. The summed E-state index contributed by atoms with van der Waals surface area (Å²) in [5, 5.41) is 21.0. The van der Waals surface area contributed by atoms with Crippen LogP contribution in [-0.4, -0.2) is 94.9 Å². The second-order valence-corrected chi connectivity index (χ2v) is 12.3. The van der Waals surface area contributed by atoms with E-state index in [0.717, 1.165) is 27.2 Å². The number of esters is 1. The van der Waals surface area contributed by atoms with Gasteiger partial charge in [-0.2, -0.15) is 9.59 Å². The second-order valence-electron chi connectivity index (χ2n) is 12.0. The monoisotopic (exact) mass is 818 g/mol. The van der Waals surface area contributed by atoms with Gasteiger partial charge in [-0.05, 0) is 86.2 Å². The van der Waals surface area contributed by atoms with E-state index in [9.17, 15) is 39.4 Å². The summed E-state index contributed by atoms with van der Waals surface area (Å²) in [6.45, 7) is 10.1. The van der Waals surface area contributed by atoms with Crippen LogP contribution in [0.4, 0.5) is 16.2 Å². The molecule has 0 aliphatic carbocycles. The fourth-order valence-electron chi connectivity index (χ4n) is 4.94. The average Bonchev–Trinajstić information content (AvgIpc) is 3.82. The Hall–Kier alpha value is -6.07. The number of ether oxygens (including phenoxy) is 4. The van der Waals surface area contributed by atoms with E-state index < -0.39 is 33.0 Å². The average molecular weight is 819 g/mol. The molecule has 3 aromatic rings. The van der Waals surface area contributed by atoms with Crippen molar-refractivity contribution in [3.63, 3.8) is 0 Å². The predicted molar refractivity (Wildman–Crippen MR) is 205 cm³/mol. The van der Waals surface area contributed by atoms with E-state index in [4.69, 9.17) is 35.4 Å². The Kier molecular flexibility index (Phi) is 21.8. The van der Waals surface area contributed by atoms with Crippen LogP contribution >= 0.6 is 11.6 Å². The Morgan fingerprint density at radius 3 is 1.72 bits per heavy atom. The van der Waals surface area contributed by atoms with Crippen LogP contribution in [-0.2, 0) is 39.9 Å². The van der Waals surface area contributed by atoms with Crippen molar-refractivity contribution in [3.05, 3.63) is 114 Å². The van der Waals surface area contributed by atoms with E-state index in [0.29, 0.717) is 25.5 Å². The van der Waals surface area contributed by atoms with Gasteiger partial charge in [-0.3, -0.25) is 39.6 Å². The molecule has 2 aliphatic heterocycles. The van der Waals surface area contributed by atoms with Crippen molar-refractivity contribution in [2.24, 2.45) is 0 Å². The fourth-order valence-corrected chi connectivity index (χ4v) is 5.09. The number of nitro benzene ring substituents is 2. The van der Waals surface area contributed by atoms with E-state index in [1.807, 2.05) is 37.3 Å². The lowest BCUT2D eigenvalue weighted by molar-refractivity contribution is -0.385. The molecule has 0 saturated carbocycles. The van der Waals surface area contributed by atoms with Gasteiger partial charge in [0.15, 0.2) is 6.04 Å². The first-order chi connectivity index (χ1) is 26.0. The summed E-state index contributed by atoms with van der Waals surface area (Å²) in [7, 11) is 1.21. The van der Waals surface area contributed by atoms with E-state index in [-0.39, 0.29) is 69.0 Å². The normalized spacial score (nSPS) is 14.9. The largest absolute Gasteiger partial charge is 0.467 e. The first-order valence-electron chi connectivity index (χ1n) is 16.2. The molecule has 18 nitrogen and oxygen atoms in total. The standard InChI is InChI=1S/C14H16N2O6.C12H15NO3.C9H8ClNO3.CO2.2CH4/c1-8-4-10(11(16(19)20)5-9(8)2)13(17)15-7-22-6-12(15)14(18)21-3;1-10-7-15-9-13(10)12(14)16-8-11-5-3-2-4-6-11;1-5-3-7(9(10)12)8(11(13)14)4-6(5)2;2-1-3;;/h4-5,12H,6-7H2,1-3H3;2-6,10H,7-9H2,1H3;3-4H,1-2H3;;2*1H4/t12-;10-;;;;/m01..../s1. The van der Waals surface area contributed by atoms with Crippen molar-refractivity contribution >= 4 is 52.3 Å². The van der Waals surface area contributed by atoms with E-state index in [2.05, 4.69) is 4.74 Å². The summed E-state index contributed by atoms with van der Waals surface area (Å²) in [4.78, 5) is 86.4. The van der Waals surface area contributed by atoms with Crippen LogP contribution < -0.4 is 0 Å². The van der Waals surface area contributed by atoms with Crippen molar-refractivity contribution in [3.8, 4) is 0 Å². The maximum Gasteiger partial charge on any atom is 0.412 e. The van der Waals surface area contributed by atoms with Crippen LogP contribution in [0.2, 0.25) is 0 Å². The van der Waals surface area contributed by atoms with Gasteiger partial charge in [0.2, 0.25) is 0 Å². The highest BCUT2D eigenvalue weighted by Crippen LogP contribution is 2.27. The summed E-state index contributed by atoms with van der Waals surface area (Å²) in [6, 6.07) is 14.4. The number of carbonyl (C=O) groups is 4. The first kappa shape index (κ1) is 50.9. The Balaban J connectivity index is 0.000000803. The molecule has 3 aromatic carbocycles. The number of rotatable bonds is 7. The molecule has 310 valence electrons. The van der Waals surface area contributed by atoms with Crippen LogP contribution in [0, 0.1) is 47.9 Å². The van der Waals surface area contributed by atoms with Crippen LogP contribution in [0.3, 0.4) is 0 Å². The minimum Gasteiger partial charge on any atom is -0.467 e. The summed E-state index contributed by atoms with van der Waals surface area (Å²) in [5.41, 5.74) is 3.37. The lowest BCUT2D eigenvalue weighted by Crippen LogP contribution is -2.42. The number of nitrogens with zero attached hydrogens (tertiary/aromatic N) is 4. The summed E-state index contributed by atoms with van der Waals surface area (Å²) >= 11 is 5.23. The SMILES string of the molecule is C.C.COC(=O)[C@@H]1COCN1C(=O)c1cc(C)c(C)cc1[N+](=O)[O-].C[C@@H]1COCN1C(=O)OCc1ccccc1.Cc1cc(C(=O)Cl)c([N+](=O)[O-])cc1C.O=C=O. The fraction of sp³-hybridized carbons (Fsp3) is 0.395. The Bertz CT molecular complexity index is 1880. The molecule has 57 heavy (non-hydrogen) atoms. The highest BCUT2D eigenvalue weighted by Gasteiger charge is 2.38. The molecule has 5 rings (SSSR count). The number of carbonyl (C=O) groups excluding carboxylic acids is 6. The zero-order valence-corrected chi connectivity index (χ0v) is 31.5. The first-order valence-corrected chi connectivity index (χ1v) is 16.6. The van der Waals surface area contributed by atoms with E-state index in [1.54, 1.807) is 32.6 Å². The van der Waals surface area contributed by atoms with Gasteiger partial charge in [0, 0.05) is 12.1 Å². The quantitative estimate of drug-likeness (QED) is 0.108. The van der Waals surface area contributed by atoms with Crippen molar-refractivity contribution in [2.75, 3.05) is 33.8 Å². The third kappa shape index (κ3) is 14.5. The Morgan fingerprint density at radius 2 is 1.26 bits per heavy atom. The smallest absolute Gasteiger partial charge is 0.412 e. The van der Waals surface area contributed by atoms with Crippen molar-refractivity contribution in [1.82, 2.24) is 9.80 Å². The van der Waals surface area contributed by atoms with Crippen LogP contribution in [0.5, 0.6) is 0 Å². The summed E-state index contributed by atoms with van der Waals surface area (Å²) < 4.78 is 20.1. The molecule has 2 heterocycles. The van der Waals surface area contributed by atoms with Gasteiger partial charge in [-0.15, -0.1) is 0 Å². The molecular formula is C38H47ClN4O14. The minimum atomic E-state index is -0.890. The molecule has 0 aromatic heterocycles. The number of benzene rings is 3. The van der Waals surface area contributed by atoms with Crippen LogP contribution in [0.1, 0.15) is 70.3 Å². The molecule has 2 amide bonds. The number of halogens is 1. The molecule has 2 atom stereocenters. The molecular weight excluding hydrogens is 772 g/mol. The summed E-state index contributed by atoms with van der Waals surface area (Å²) in [6.07, 6.45) is -0.0612. The van der Waals surface area contributed by atoms with Crippen LogP contribution in [0.25, 0.3) is 0 Å². The maximum absolute atomic E-state index is 12.6. The molecule has 19 heteroatoms. The van der Waals surface area contributed by atoms with Gasteiger partial charge in [-0.25, -0.2) is 9.59 Å². The lowest BCUT2D eigenvalue weighted by atomic mass is 10.0.